The van der Waals surface area contributed by atoms with E-state index in [2.05, 4.69) is 6.92 Å². The molecule has 0 amide bonds. The van der Waals surface area contributed by atoms with Crippen LogP contribution in [0.1, 0.15) is 45.4 Å². The fraction of sp³-hybridized carbons (Fsp3) is 0.769. The Bertz CT molecular complexity index is 275. The van der Waals surface area contributed by atoms with Gasteiger partial charge in [0.25, 0.3) is 0 Å². The molecule has 0 saturated carbocycles. The van der Waals surface area contributed by atoms with Crippen LogP contribution in [-0.4, -0.2) is 67.9 Å². The molecule has 0 aromatic carbocycles. The average Bonchev–Trinajstić information content (AvgIpc) is 2.47. The van der Waals surface area contributed by atoms with Gasteiger partial charge < -0.3 is 30.6 Å². The van der Waals surface area contributed by atoms with Crippen LogP contribution in [0.4, 0.5) is 0 Å². The molecule has 6 N–H and O–H groups in total. The van der Waals surface area contributed by atoms with Crippen LogP contribution in [0.2, 0.25) is 0 Å². The van der Waals surface area contributed by atoms with Crippen molar-refractivity contribution in [2.45, 2.75) is 51.6 Å². The zero-order valence-corrected chi connectivity index (χ0v) is 12.6. The van der Waals surface area contributed by atoms with E-state index < -0.39 is 24.0 Å². The summed E-state index contributed by atoms with van der Waals surface area (Å²) in [6.45, 7) is 1.42. The molecule has 0 saturated heterocycles. The lowest BCUT2D eigenvalue weighted by atomic mass is 10.1. The second-order valence-corrected chi connectivity index (χ2v) is 4.19. The van der Waals surface area contributed by atoms with E-state index in [0.29, 0.717) is 6.42 Å². The van der Waals surface area contributed by atoms with Crippen molar-refractivity contribution in [3.8, 4) is 0 Å². The van der Waals surface area contributed by atoms with Gasteiger partial charge in [-0.15, -0.1) is 0 Å². The summed E-state index contributed by atoms with van der Waals surface area (Å²) in [5.41, 5.74) is 0. The molecule has 0 rings (SSSR count). The predicted molar refractivity (Wildman–Crippen MR) is 76.5 cm³/mol. The molecule has 0 aromatic rings. The molecule has 0 bridgehead atoms. The molecule has 22 heavy (non-hydrogen) atoms. The Kier molecular flexibility index (Phi) is 22.1. The first-order valence-electron chi connectivity index (χ1n) is 6.80. The lowest BCUT2D eigenvalue weighted by Crippen LogP contribution is -2.15. The zero-order valence-electron chi connectivity index (χ0n) is 12.6. The maximum atomic E-state index is 10.0. The lowest BCUT2D eigenvalue weighted by Gasteiger charge is -1.96. The third kappa shape index (κ3) is 31.0. The minimum atomic E-state index is -1.82. The van der Waals surface area contributed by atoms with E-state index in [0.717, 1.165) is 12.8 Å². The van der Waals surface area contributed by atoms with Crippen LogP contribution in [0.3, 0.4) is 0 Å². The number of unbranched alkanes of at least 4 members (excludes halogenated alkanes) is 4. The number of aliphatic hydroxyl groups is 3. The molecule has 0 heterocycles. The van der Waals surface area contributed by atoms with Crippen molar-refractivity contribution in [1.82, 2.24) is 0 Å². The third-order valence-corrected chi connectivity index (χ3v) is 2.10. The maximum Gasteiger partial charge on any atom is 0.414 e. The van der Waals surface area contributed by atoms with Gasteiger partial charge in [0, 0.05) is 6.42 Å². The first-order chi connectivity index (χ1) is 10.2. The molecular formula is C13H26O9. The number of hydrogen-bond acceptors (Lipinski definition) is 6. The monoisotopic (exact) mass is 326 g/mol. The minimum absolute atomic E-state index is 0.337. The first kappa shape index (κ1) is 25.3. The number of carboxylic acids is 3. The second-order valence-electron chi connectivity index (χ2n) is 4.19. The van der Waals surface area contributed by atoms with E-state index in [-0.39, 0.29) is 13.2 Å². The summed E-state index contributed by atoms with van der Waals surface area (Å²) < 4.78 is 0. The van der Waals surface area contributed by atoms with Gasteiger partial charge in [-0.25, -0.2) is 9.59 Å². The minimum Gasteiger partial charge on any atom is -0.481 e. The smallest absolute Gasteiger partial charge is 0.414 e. The molecule has 0 radical (unpaired) electrons. The lowest BCUT2D eigenvalue weighted by molar-refractivity contribution is -0.159. The molecule has 0 unspecified atom stereocenters. The zero-order chi connectivity index (χ0) is 18.0. The molecule has 0 atom stereocenters. The number of rotatable bonds is 8. The molecular weight excluding hydrogens is 300 g/mol. The Hall–Kier alpha value is -1.71. The standard InChI is InChI=1S/C8H16O2.C3H8O3.C2H2O4/c1-2-3-4-5-6-7-8(9)10;4-1-3(6)2-5;3-1(4)2(5)6/h2-7H2,1H3,(H,9,10);3-6H,1-2H2;(H,3,4)(H,5,6). The van der Waals surface area contributed by atoms with Gasteiger partial charge in [-0.1, -0.05) is 32.6 Å². The quantitative estimate of drug-likeness (QED) is 0.263. The van der Waals surface area contributed by atoms with Crippen LogP contribution in [0, 0.1) is 0 Å². The highest BCUT2D eigenvalue weighted by molar-refractivity contribution is 6.27. The van der Waals surface area contributed by atoms with Crippen LogP contribution in [0.5, 0.6) is 0 Å². The van der Waals surface area contributed by atoms with Crippen molar-refractivity contribution in [1.29, 1.82) is 0 Å². The highest BCUT2D eigenvalue weighted by Crippen LogP contribution is 2.04. The highest BCUT2D eigenvalue weighted by atomic mass is 16.4. The van der Waals surface area contributed by atoms with E-state index in [1.54, 1.807) is 0 Å². The van der Waals surface area contributed by atoms with Gasteiger partial charge in [-0.05, 0) is 6.42 Å². The first-order valence-corrected chi connectivity index (χ1v) is 6.80. The summed E-state index contributed by atoms with van der Waals surface area (Å²) in [6, 6.07) is 0. The normalized spacial score (nSPS) is 9.14. The van der Waals surface area contributed by atoms with Crippen molar-refractivity contribution in [2.24, 2.45) is 0 Å². The molecule has 9 nitrogen and oxygen atoms in total. The van der Waals surface area contributed by atoms with Crippen LogP contribution in [-0.2, 0) is 14.4 Å². The second kappa shape index (κ2) is 19.3. The van der Waals surface area contributed by atoms with E-state index in [4.69, 9.17) is 40.2 Å². The predicted octanol–water partition coefficient (Wildman–Crippen LogP) is -0.0810. The van der Waals surface area contributed by atoms with Crippen LogP contribution >= 0.6 is 0 Å². The molecule has 9 heteroatoms. The molecule has 0 spiro atoms. The van der Waals surface area contributed by atoms with Crippen LogP contribution < -0.4 is 0 Å². The summed E-state index contributed by atoms with van der Waals surface area (Å²) in [5, 5.41) is 47.1. The summed E-state index contributed by atoms with van der Waals surface area (Å²) in [6.07, 6.45) is 4.93. The number of aliphatic carboxylic acids is 3. The molecule has 0 fully saturated rings. The summed E-state index contributed by atoms with van der Waals surface area (Å²) in [5.74, 6) is -4.32. The fourth-order valence-electron chi connectivity index (χ4n) is 0.938. The largest absolute Gasteiger partial charge is 0.481 e. The number of aliphatic hydroxyl groups excluding tert-OH is 3. The topological polar surface area (TPSA) is 173 Å². The summed E-state index contributed by atoms with van der Waals surface area (Å²) in [4.78, 5) is 28.2. The van der Waals surface area contributed by atoms with E-state index >= 15 is 0 Å². The Morgan fingerprint density at radius 2 is 1.23 bits per heavy atom. The Labute approximate surface area is 128 Å². The van der Waals surface area contributed by atoms with E-state index in [9.17, 15) is 4.79 Å². The Morgan fingerprint density at radius 1 is 0.818 bits per heavy atom. The van der Waals surface area contributed by atoms with Gasteiger partial charge >= 0.3 is 17.9 Å². The average molecular weight is 326 g/mol. The SMILES string of the molecule is CCCCCCCC(=O)O.O=C(O)C(=O)O.OCC(O)CO. The van der Waals surface area contributed by atoms with Crippen molar-refractivity contribution < 1.29 is 45.0 Å². The number of hydrogen-bond donors (Lipinski definition) is 6. The van der Waals surface area contributed by atoms with Crippen molar-refractivity contribution in [2.75, 3.05) is 13.2 Å². The van der Waals surface area contributed by atoms with E-state index in [1.807, 2.05) is 0 Å². The van der Waals surface area contributed by atoms with Gasteiger partial charge in [0.05, 0.1) is 13.2 Å². The molecule has 132 valence electrons. The van der Waals surface area contributed by atoms with Gasteiger partial charge in [0.15, 0.2) is 0 Å². The summed E-state index contributed by atoms with van der Waals surface area (Å²) >= 11 is 0. The van der Waals surface area contributed by atoms with Crippen molar-refractivity contribution in [3.63, 3.8) is 0 Å². The third-order valence-electron chi connectivity index (χ3n) is 2.10. The van der Waals surface area contributed by atoms with E-state index in [1.165, 1.54) is 19.3 Å². The highest BCUT2D eigenvalue weighted by Gasteiger charge is 2.04. The van der Waals surface area contributed by atoms with Gasteiger partial charge in [0.1, 0.15) is 6.10 Å². The van der Waals surface area contributed by atoms with Gasteiger partial charge in [-0.2, -0.15) is 0 Å². The molecule has 0 aliphatic carbocycles. The maximum absolute atomic E-state index is 10.0. The number of carboxylic acid groups (broad SMARTS) is 3. The van der Waals surface area contributed by atoms with Crippen LogP contribution in [0.25, 0.3) is 0 Å². The van der Waals surface area contributed by atoms with Gasteiger partial charge in [-0.3, -0.25) is 4.79 Å². The molecule has 0 aliphatic heterocycles. The van der Waals surface area contributed by atoms with Crippen molar-refractivity contribution >= 4 is 17.9 Å². The fourth-order valence-corrected chi connectivity index (χ4v) is 0.938. The number of carbonyl (C=O) groups is 3. The summed E-state index contributed by atoms with van der Waals surface area (Å²) in [7, 11) is 0. The molecule has 0 aliphatic rings. The molecule has 0 aromatic heterocycles. The Morgan fingerprint density at radius 3 is 1.45 bits per heavy atom. The van der Waals surface area contributed by atoms with Gasteiger partial charge in [0.2, 0.25) is 0 Å². The Balaban J connectivity index is -0.000000261. The van der Waals surface area contributed by atoms with Crippen molar-refractivity contribution in [3.05, 3.63) is 0 Å². The van der Waals surface area contributed by atoms with Crippen LogP contribution in [0.15, 0.2) is 0 Å².